The summed E-state index contributed by atoms with van der Waals surface area (Å²) < 4.78 is 1.79. The van der Waals surface area contributed by atoms with Gasteiger partial charge in [-0.2, -0.15) is 0 Å². The molecule has 0 unspecified atom stereocenters. The molecule has 4 heteroatoms. The number of aromatic hydroxyl groups is 1. The van der Waals surface area contributed by atoms with E-state index >= 15 is 0 Å². The van der Waals surface area contributed by atoms with Gasteiger partial charge in [-0.05, 0) is 31.5 Å². The van der Waals surface area contributed by atoms with Crippen LogP contribution in [0, 0.1) is 6.92 Å². The highest BCUT2D eigenvalue weighted by atomic mass is 16.3. The highest BCUT2D eigenvalue weighted by Gasteiger charge is 2.01. The molecule has 1 heterocycles. The minimum Gasteiger partial charge on any atom is -0.506 e. The number of imidazole rings is 1. The summed E-state index contributed by atoms with van der Waals surface area (Å²) >= 11 is 0. The second-order valence-electron chi connectivity index (χ2n) is 3.62. The lowest BCUT2D eigenvalue weighted by Crippen LogP contribution is -2.03. The lowest BCUT2D eigenvalue weighted by Gasteiger charge is -2.03. The van der Waals surface area contributed by atoms with Crippen molar-refractivity contribution in [2.75, 3.05) is 0 Å². The number of aliphatic imine (C=N–C) groups is 1. The molecule has 82 valence electrons. The molecule has 0 saturated carbocycles. The van der Waals surface area contributed by atoms with Gasteiger partial charge in [-0.25, -0.2) is 9.98 Å². The Morgan fingerprint density at radius 2 is 2.25 bits per heavy atom. The third-order valence-electron chi connectivity index (χ3n) is 2.29. The van der Waals surface area contributed by atoms with Gasteiger partial charge in [0, 0.05) is 12.4 Å². The molecule has 0 aliphatic rings. The first kappa shape index (κ1) is 10.4. The summed E-state index contributed by atoms with van der Waals surface area (Å²) in [5, 5.41) is 9.71. The number of phenols is 1. The number of hydrogen-bond donors (Lipinski definition) is 1. The average molecular weight is 215 g/mol. The molecule has 0 radical (unpaired) electrons. The van der Waals surface area contributed by atoms with E-state index in [1.807, 2.05) is 26.1 Å². The van der Waals surface area contributed by atoms with Crippen molar-refractivity contribution in [3.63, 3.8) is 0 Å². The molecule has 0 fully saturated rings. The topological polar surface area (TPSA) is 50.4 Å². The van der Waals surface area contributed by atoms with Crippen LogP contribution in [-0.4, -0.2) is 20.5 Å². The van der Waals surface area contributed by atoms with E-state index in [-0.39, 0.29) is 5.75 Å². The number of benzene rings is 1. The molecule has 0 spiro atoms. The number of rotatable bonds is 1. The van der Waals surface area contributed by atoms with Crippen LogP contribution in [0.1, 0.15) is 12.5 Å². The molecular formula is C12H13N3O. The van der Waals surface area contributed by atoms with Crippen molar-refractivity contribution < 1.29 is 5.11 Å². The molecule has 1 N–H and O–H groups in total. The normalized spacial score (nSPS) is 11.8. The lowest BCUT2D eigenvalue weighted by atomic mass is 10.2. The van der Waals surface area contributed by atoms with Crippen molar-refractivity contribution in [1.29, 1.82) is 0 Å². The molecule has 0 aliphatic carbocycles. The van der Waals surface area contributed by atoms with E-state index in [0.717, 1.165) is 11.4 Å². The molecule has 0 atom stereocenters. The van der Waals surface area contributed by atoms with Crippen LogP contribution in [0.2, 0.25) is 0 Å². The molecule has 0 saturated heterocycles. The largest absolute Gasteiger partial charge is 0.506 e. The summed E-state index contributed by atoms with van der Waals surface area (Å²) in [6.07, 6.45) is 5.17. The molecular weight excluding hydrogens is 202 g/mol. The fourth-order valence-corrected chi connectivity index (χ4v) is 1.41. The van der Waals surface area contributed by atoms with Crippen molar-refractivity contribution in [3.05, 3.63) is 42.5 Å². The number of hydrogen-bond acceptors (Lipinski definition) is 3. The number of aromatic nitrogens is 2. The highest BCUT2D eigenvalue weighted by molar-refractivity contribution is 5.85. The second-order valence-corrected chi connectivity index (χ2v) is 3.62. The zero-order valence-electron chi connectivity index (χ0n) is 9.25. The molecule has 4 nitrogen and oxygen atoms in total. The molecule has 1 aromatic carbocycles. The van der Waals surface area contributed by atoms with Gasteiger partial charge in [0.15, 0.2) is 0 Å². The van der Waals surface area contributed by atoms with Gasteiger partial charge in [0.05, 0.1) is 0 Å². The first-order valence-corrected chi connectivity index (χ1v) is 5.00. The zero-order valence-corrected chi connectivity index (χ0v) is 9.25. The monoisotopic (exact) mass is 215 g/mol. The van der Waals surface area contributed by atoms with Crippen LogP contribution in [0.4, 0.5) is 5.69 Å². The van der Waals surface area contributed by atoms with E-state index < -0.39 is 0 Å². The Balaban J connectivity index is 2.36. The fraction of sp³-hybridized carbons (Fsp3) is 0.167. The Morgan fingerprint density at radius 1 is 1.44 bits per heavy atom. The number of phenolic OH excluding ortho intramolecular Hbond substituents is 1. The van der Waals surface area contributed by atoms with Crippen LogP contribution in [0.15, 0.2) is 41.9 Å². The van der Waals surface area contributed by atoms with Gasteiger partial charge in [-0.15, -0.1) is 0 Å². The smallest absolute Gasteiger partial charge is 0.141 e. The summed E-state index contributed by atoms with van der Waals surface area (Å²) in [6, 6.07) is 5.41. The summed E-state index contributed by atoms with van der Waals surface area (Å²) in [5.41, 5.74) is 1.58. The summed E-state index contributed by atoms with van der Waals surface area (Å²) in [6.45, 7) is 3.79. The third kappa shape index (κ3) is 2.11. The van der Waals surface area contributed by atoms with Crippen LogP contribution in [-0.2, 0) is 0 Å². The van der Waals surface area contributed by atoms with Crippen molar-refractivity contribution in [2.45, 2.75) is 13.8 Å². The van der Waals surface area contributed by atoms with Gasteiger partial charge in [0.25, 0.3) is 0 Å². The molecule has 0 aliphatic heterocycles. The maximum atomic E-state index is 9.71. The van der Waals surface area contributed by atoms with Crippen LogP contribution in [0.3, 0.4) is 0 Å². The maximum Gasteiger partial charge on any atom is 0.141 e. The van der Waals surface area contributed by atoms with E-state index in [1.165, 1.54) is 0 Å². The summed E-state index contributed by atoms with van der Waals surface area (Å²) in [4.78, 5) is 8.27. The third-order valence-corrected chi connectivity index (χ3v) is 2.29. The van der Waals surface area contributed by atoms with Crippen molar-refractivity contribution in [3.8, 4) is 5.75 Å². The predicted molar refractivity (Wildman–Crippen MR) is 63.2 cm³/mol. The molecule has 16 heavy (non-hydrogen) atoms. The van der Waals surface area contributed by atoms with Crippen molar-refractivity contribution in [2.24, 2.45) is 4.99 Å². The standard InChI is InChI=1S/C12H13N3O/c1-9-3-4-11(12(16)7-9)14-10(2)15-6-5-13-8-15/h3-8,16H,1-2H3. The first-order chi connectivity index (χ1) is 7.66. The Morgan fingerprint density at radius 3 is 2.88 bits per heavy atom. The minimum atomic E-state index is 0.194. The first-order valence-electron chi connectivity index (χ1n) is 5.00. The fourth-order valence-electron chi connectivity index (χ4n) is 1.41. The van der Waals surface area contributed by atoms with Gasteiger partial charge in [0.1, 0.15) is 23.6 Å². The van der Waals surface area contributed by atoms with E-state index in [9.17, 15) is 5.11 Å². The second kappa shape index (κ2) is 4.18. The molecule has 2 rings (SSSR count). The van der Waals surface area contributed by atoms with Crippen LogP contribution >= 0.6 is 0 Å². The Kier molecular flexibility index (Phi) is 2.72. The van der Waals surface area contributed by atoms with E-state index in [2.05, 4.69) is 9.98 Å². The summed E-state index contributed by atoms with van der Waals surface area (Å²) in [7, 11) is 0. The van der Waals surface area contributed by atoms with Gasteiger partial charge in [-0.3, -0.25) is 4.57 Å². The predicted octanol–water partition coefficient (Wildman–Crippen LogP) is 2.50. The maximum absolute atomic E-state index is 9.71. The Bertz CT molecular complexity index is 515. The van der Waals surface area contributed by atoms with Gasteiger partial charge in [-0.1, -0.05) is 6.07 Å². The molecule has 0 bridgehead atoms. The van der Waals surface area contributed by atoms with Crippen LogP contribution in [0.5, 0.6) is 5.75 Å². The van der Waals surface area contributed by atoms with Gasteiger partial charge >= 0.3 is 0 Å². The molecule has 2 aromatic rings. The quantitative estimate of drug-likeness (QED) is 0.587. The van der Waals surface area contributed by atoms with Crippen molar-refractivity contribution >= 4 is 11.5 Å². The zero-order chi connectivity index (χ0) is 11.5. The Labute approximate surface area is 93.9 Å². The Hall–Kier alpha value is -2.10. The number of nitrogens with zero attached hydrogens (tertiary/aromatic N) is 3. The van der Waals surface area contributed by atoms with E-state index in [1.54, 1.807) is 29.2 Å². The average Bonchev–Trinajstić information content (AvgIpc) is 2.75. The van der Waals surface area contributed by atoms with Gasteiger partial charge < -0.3 is 5.11 Å². The summed E-state index contributed by atoms with van der Waals surface area (Å²) in [5.74, 6) is 0.955. The van der Waals surface area contributed by atoms with Gasteiger partial charge in [0.2, 0.25) is 0 Å². The molecule has 0 amide bonds. The highest BCUT2D eigenvalue weighted by Crippen LogP contribution is 2.27. The van der Waals surface area contributed by atoms with Crippen LogP contribution in [0.25, 0.3) is 0 Å². The van der Waals surface area contributed by atoms with Crippen LogP contribution < -0.4 is 0 Å². The van der Waals surface area contributed by atoms with E-state index in [0.29, 0.717) is 5.69 Å². The number of aryl methyl sites for hydroxylation is 1. The minimum absolute atomic E-state index is 0.194. The SMILES string of the molecule is CC(=Nc1ccc(C)cc1O)n1ccnc1. The molecule has 1 aromatic heterocycles. The van der Waals surface area contributed by atoms with Crippen molar-refractivity contribution in [1.82, 2.24) is 9.55 Å². The van der Waals surface area contributed by atoms with E-state index in [4.69, 9.17) is 0 Å². The lowest BCUT2D eigenvalue weighted by molar-refractivity contribution is 0.476.